The summed E-state index contributed by atoms with van der Waals surface area (Å²) in [4.78, 5) is 0.325. The van der Waals surface area contributed by atoms with E-state index in [1.54, 1.807) is 36.7 Å². The molecule has 168 valence electrons. The zero-order valence-electron chi connectivity index (χ0n) is 18.3. The largest absolute Gasteiger partial charge is 0.493 e. The predicted octanol–water partition coefficient (Wildman–Crippen LogP) is 4.00. The van der Waals surface area contributed by atoms with Gasteiger partial charge in [-0.05, 0) is 55.7 Å². The van der Waals surface area contributed by atoms with E-state index in [9.17, 15) is 8.42 Å². The van der Waals surface area contributed by atoms with Gasteiger partial charge < -0.3 is 14.8 Å². The number of methoxy groups -OCH3 is 2. The molecule has 32 heavy (non-hydrogen) atoms. The highest BCUT2D eigenvalue weighted by molar-refractivity contribution is 7.89. The molecule has 1 fully saturated rings. The first kappa shape index (κ1) is 22.0. The average Bonchev–Trinajstić information content (AvgIpc) is 3.36. The fraction of sp³-hybridized carbons (Fsp3) is 0.304. The summed E-state index contributed by atoms with van der Waals surface area (Å²) in [5.41, 5.74) is 2.80. The lowest BCUT2D eigenvalue weighted by Gasteiger charge is -2.17. The van der Waals surface area contributed by atoms with Crippen LogP contribution in [-0.2, 0) is 10.0 Å². The third-order valence-electron chi connectivity index (χ3n) is 5.49. The van der Waals surface area contributed by atoms with Crippen molar-refractivity contribution in [3.05, 3.63) is 54.1 Å². The first-order valence-electron chi connectivity index (χ1n) is 10.4. The molecule has 0 bridgehead atoms. The Kier molecular flexibility index (Phi) is 6.29. The number of hydrogen-bond acceptors (Lipinski definition) is 7. The molecule has 0 radical (unpaired) electrons. The Morgan fingerprint density at radius 2 is 1.66 bits per heavy atom. The first-order valence-corrected chi connectivity index (χ1v) is 11.8. The monoisotopic (exact) mass is 454 g/mol. The second-order valence-corrected chi connectivity index (χ2v) is 9.50. The van der Waals surface area contributed by atoms with Crippen LogP contribution in [0.2, 0.25) is 0 Å². The summed E-state index contributed by atoms with van der Waals surface area (Å²) in [7, 11) is -0.346. The number of rotatable bonds is 7. The van der Waals surface area contributed by atoms with E-state index < -0.39 is 10.0 Å². The van der Waals surface area contributed by atoms with Crippen LogP contribution in [0.15, 0.2) is 53.4 Å². The molecule has 0 saturated carbocycles. The molecule has 2 aromatic carbocycles. The van der Waals surface area contributed by atoms with Crippen LogP contribution >= 0.6 is 0 Å². The number of aromatic nitrogens is 2. The van der Waals surface area contributed by atoms with Crippen molar-refractivity contribution in [1.82, 2.24) is 14.5 Å². The number of aryl methyl sites for hydroxylation is 1. The third kappa shape index (κ3) is 4.39. The lowest BCUT2D eigenvalue weighted by molar-refractivity contribution is 0.355. The number of anilines is 2. The molecule has 0 unspecified atom stereocenters. The van der Waals surface area contributed by atoms with Crippen LogP contribution in [0.5, 0.6) is 11.5 Å². The van der Waals surface area contributed by atoms with Crippen molar-refractivity contribution in [3.63, 3.8) is 0 Å². The fourth-order valence-electron chi connectivity index (χ4n) is 3.72. The van der Waals surface area contributed by atoms with Crippen molar-refractivity contribution in [2.24, 2.45) is 0 Å². The molecule has 8 nitrogen and oxygen atoms in total. The van der Waals surface area contributed by atoms with Gasteiger partial charge >= 0.3 is 0 Å². The maximum Gasteiger partial charge on any atom is 0.243 e. The predicted molar refractivity (Wildman–Crippen MR) is 123 cm³/mol. The van der Waals surface area contributed by atoms with Crippen LogP contribution < -0.4 is 14.8 Å². The van der Waals surface area contributed by atoms with Crippen LogP contribution in [0, 0.1) is 6.92 Å². The Morgan fingerprint density at radius 3 is 2.31 bits per heavy atom. The van der Waals surface area contributed by atoms with Crippen molar-refractivity contribution in [2.45, 2.75) is 24.7 Å². The summed E-state index contributed by atoms with van der Waals surface area (Å²) in [5, 5.41) is 11.7. The lowest BCUT2D eigenvalue weighted by Crippen LogP contribution is -2.28. The zero-order valence-corrected chi connectivity index (χ0v) is 19.1. The Balaban J connectivity index is 1.57. The standard InChI is InChI=1S/C23H26N4O4S/c1-16-6-7-17(14-22(16)32(28,29)27-12-4-5-13-27)19-9-11-23(26-25-19)24-18-8-10-20(30-2)21(15-18)31-3/h6-11,14-15H,4-5,12-13H2,1-3H3,(H,24,26). The van der Waals surface area contributed by atoms with E-state index in [1.807, 2.05) is 37.3 Å². The molecule has 0 amide bonds. The van der Waals surface area contributed by atoms with Gasteiger partial charge in [-0.2, -0.15) is 4.31 Å². The Labute approximate surface area is 188 Å². The number of nitrogens with one attached hydrogen (secondary N) is 1. The highest BCUT2D eigenvalue weighted by atomic mass is 32.2. The summed E-state index contributed by atoms with van der Waals surface area (Å²) >= 11 is 0. The van der Waals surface area contributed by atoms with Crippen molar-refractivity contribution in [1.29, 1.82) is 0 Å². The molecule has 4 rings (SSSR count). The minimum absolute atomic E-state index is 0.325. The molecular weight excluding hydrogens is 428 g/mol. The van der Waals surface area contributed by atoms with E-state index in [2.05, 4.69) is 15.5 Å². The van der Waals surface area contributed by atoms with Crippen molar-refractivity contribution >= 4 is 21.5 Å². The quantitative estimate of drug-likeness (QED) is 0.577. The normalized spacial score (nSPS) is 14.3. The van der Waals surface area contributed by atoms with Gasteiger partial charge in [-0.25, -0.2) is 8.42 Å². The number of nitrogens with zero attached hydrogens (tertiary/aromatic N) is 3. The van der Waals surface area contributed by atoms with Crippen LogP contribution in [0.1, 0.15) is 18.4 Å². The molecular formula is C23H26N4O4S. The third-order valence-corrected chi connectivity index (χ3v) is 7.53. The second-order valence-electron chi connectivity index (χ2n) is 7.59. The van der Waals surface area contributed by atoms with E-state index in [4.69, 9.17) is 9.47 Å². The van der Waals surface area contributed by atoms with Gasteiger partial charge in [0.25, 0.3) is 0 Å². The molecule has 1 aromatic heterocycles. The van der Waals surface area contributed by atoms with Gasteiger partial charge in [0, 0.05) is 30.4 Å². The number of hydrogen-bond donors (Lipinski definition) is 1. The minimum atomic E-state index is -3.51. The van der Waals surface area contributed by atoms with Crippen molar-refractivity contribution < 1.29 is 17.9 Å². The highest BCUT2D eigenvalue weighted by Gasteiger charge is 2.28. The maximum absolute atomic E-state index is 13.1. The topological polar surface area (TPSA) is 93.7 Å². The van der Waals surface area contributed by atoms with Gasteiger partial charge in [-0.15, -0.1) is 10.2 Å². The molecule has 1 aliphatic rings. The van der Waals surface area contributed by atoms with E-state index in [0.29, 0.717) is 46.6 Å². The summed E-state index contributed by atoms with van der Waals surface area (Å²) in [6.07, 6.45) is 1.80. The van der Waals surface area contributed by atoms with Gasteiger partial charge in [0.05, 0.1) is 24.8 Å². The number of ether oxygens (including phenoxy) is 2. The molecule has 9 heteroatoms. The Bertz CT molecular complexity index is 1210. The molecule has 1 aliphatic heterocycles. The fourth-order valence-corrected chi connectivity index (χ4v) is 5.49. The maximum atomic E-state index is 13.1. The van der Waals surface area contributed by atoms with Crippen LogP contribution in [-0.4, -0.2) is 50.2 Å². The molecule has 0 atom stereocenters. The Morgan fingerprint density at radius 1 is 0.906 bits per heavy atom. The van der Waals surface area contributed by atoms with E-state index in [0.717, 1.165) is 24.1 Å². The number of sulfonamides is 1. The molecule has 1 N–H and O–H groups in total. The summed E-state index contributed by atoms with van der Waals surface area (Å²) in [6.45, 7) is 2.96. The van der Waals surface area contributed by atoms with Gasteiger partial charge in [0.15, 0.2) is 17.3 Å². The highest BCUT2D eigenvalue weighted by Crippen LogP contribution is 2.31. The zero-order chi connectivity index (χ0) is 22.7. The molecule has 3 aromatic rings. The average molecular weight is 455 g/mol. The summed E-state index contributed by atoms with van der Waals surface area (Å²) in [6, 6.07) is 14.4. The van der Waals surface area contributed by atoms with Crippen LogP contribution in [0.4, 0.5) is 11.5 Å². The van der Waals surface area contributed by atoms with E-state index in [1.165, 1.54) is 0 Å². The first-order chi connectivity index (χ1) is 15.4. The SMILES string of the molecule is COc1ccc(Nc2ccc(-c3ccc(C)c(S(=O)(=O)N4CCCC4)c3)nn2)cc1OC. The van der Waals surface area contributed by atoms with Crippen molar-refractivity contribution in [3.8, 4) is 22.8 Å². The molecule has 0 spiro atoms. The van der Waals surface area contributed by atoms with E-state index >= 15 is 0 Å². The van der Waals surface area contributed by atoms with E-state index in [-0.39, 0.29) is 0 Å². The van der Waals surface area contributed by atoms with Gasteiger partial charge in [0.2, 0.25) is 10.0 Å². The second kappa shape index (κ2) is 9.13. The molecule has 1 saturated heterocycles. The minimum Gasteiger partial charge on any atom is -0.493 e. The van der Waals surface area contributed by atoms with Crippen LogP contribution in [0.25, 0.3) is 11.3 Å². The molecule has 0 aliphatic carbocycles. The smallest absolute Gasteiger partial charge is 0.243 e. The Hall–Kier alpha value is -3.17. The summed E-state index contributed by atoms with van der Waals surface area (Å²) in [5.74, 6) is 1.80. The van der Waals surface area contributed by atoms with Gasteiger partial charge in [0.1, 0.15) is 0 Å². The number of benzene rings is 2. The van der Waals surface area contributed by atoms with Gasteiger partial charge in [-0.3, -0.25) is 0 Å². The molecule has 2 heterocycles. The van der Waals surface area contributed by atoms with Crippen molar-refractivity contribution in [2.75, 3.05) is 32.6 Å². The van der Waals surface area contributed by atoms with Gasteiger partial charge in [-0.1, -0.05) is 12.1 Å². The lowest BCUT2D eigenvalue weighted by atomic mass is 10.1. The summed E-state index contributed by atoms with van der Waals surface area (Å²) < 4.78 is 38.2. The van der Waals surface area contributed by atoms with Crippen LogP contribution in [0.3, 0.4) is 0 Å².